The van der Waals surface area contributed by atoms with Gasteiger partial charge in [-0.2, -0.15) is 0 Å². The van der Waals surface area contributed by atoms with Crippen LogP contribution in [0.5, 0.6) is 0 Å². The summed E-state index contributed by atoms with van der Waals surface area (Å²) in [5, 5.41) is 3.57. The Morgan fingerprint density at radius 1 is 1.33 bits per heavy atom. The molecule has 0 bridgehead atoms. The highest BCUT2D eigenvalue weighted by Crippen LogP contribution is 2.10. The van der Waals surface area contributed by atoms with Crippen molar-refractivity contribution in [3.63, 3.8) is 0 Å². The van der Waals surface area contributed by atoms with Gasteiger partial charge in [0.15, 0.2) is 0 Å². The van der Waals surface area contributed by atoms with Gasteiger partial charge in [0.25, 0.3) is 0 Å². The van der Waals surface area contributed by atoms with Crippen LogP contribution in [0.25, 0.3) is 0 Å². The minimum absolute atomic E-state index is 0.345. The second kappa shape index (κ2) is 6.57. The lowest BCUT2D eigenvalue weighted by Crippen LogP contribution is -2.29. The summed E-state index contributed by atoms with van der Waals surface area (Å²) in [6.45, 7) is 6.65. The third-order valence-electron chi connectivity index (χ3n) is 2.66. The molecule has 2 atom stereocenters. The van der Waals surface area contributed by atoms with Gasteiger partial charge in [-0.3, -0.25) is 4.98 Å². The molecular weight excluding hydrogens is 184 g/mol. The predicted molar refractivity (Wildman–Crippen MR) is 64.8 cm³/mol. The molecule has 0 aromatic carbocycles. The van der Waals surface area contributed by atoms with Gasteiger partial charge in [0, 0.05) is 18.3 Å². The minimum atomic E-state index is 0.345. The van der Waals surface area contributed by atoms with Crippen LogP contribution < -0.4 is 5.32 Å². The van der Waals surface area contributed by atoms with E-state index >= 15 is 0 Å². The molecule has 0 aliphatic rings. The molecule has 0 spiro atoms. The second-order valence-electron chi connectivity index (χ2n) is 4.19. The average molecular weight is 206 g/mol. The van der Waals surface area contributed by atoms with Crippen molar-refractivity contribution >= 4 is 0 Å². The van der Waals surface area contributed by atoms with Crippen molar-refractivity contribution in [2.75, 3.05) is 0 Å². The number of aromatic nitrogens is 1. The normalized spacial score (nSPS) is 14.9. The molecule has 0 aliphatic heterocycles. The Labute approximate surface area is 93.1 Å². The number of rotatable bonds is 6. The number of nitrogens with zero attached hydrogens (tertiary/aromatic N) is 1. The summed E-state index contributed by atoms with van der Waals surface area (Å²) in [6.07, 6.45) is 5.66. The lowest BCUT2D eigenvalue weighted by atomic mass is 10.1. The lowest BCUT2D eigenvalue weighted by molar-refractivity contribution is 0.439. The Hall–Kier alpha value is -0.890. The van der Waals surface area contributed by atoms with Gasteiger partial charge in [-0.15, -0.1) is 0 Å². The Morgan fingerprint density at radius 3 is 2.73 bits per heavy atom. The maximum atomic E-state index is 4.35. The van der Waals surface area contributed by atoms with Crippen LogP contribution >= 0.6 is 0 Å². The van der Waals surface area contributed by atoms with Gasteiger partial charge in [-0.1, -0.05) is 25.8 Å². The Balaban J connectivity index is 2.38. The molecular formula is C13H22N2. The Morgan fingerprint density at radius 2 is 2.13 bits per heavy atom. The fraction of sp³-hybridized carbons (Fsp3) is 0.615. The maximum Gasteiger partial charge on any atom is 0.0570 e. The number of pyridine rings is 1. The van der Waals surface area contributed by atoms with E-state index in [0.29, 0.717) is 12.1 Å². The number of unbranched alkanes of at least 4 members (excludes halogenated alkanes) is 1. The van der Waals surface area contributed by atoms with Gasteiger partial charge in [0.2, 0.25) is 0 Å². The SMILES string of the molecule is CCCCC(C)NC(C)c1ccccn1. The van der Waals surface area contributed by atoms with E-state index < -0.39 is 0 Å². The molecule has 0 aliphatic carbocycles. The van der Waals surface area contributed by atoms with Crippen molar-refractivity contribution in [3.8, 4) is 0 Å². The molecule has 1 N–H and O–H groups in total. The second-order valence-corrected chi connectivity index (χ2v) is 4.19. The molecule has 1 aromatic heterocycles. The molecule has 2 nitrogen and oxygen atoms in total. The van der Waals surface area contributed by atoms with Gasteiger partial charge < -0.3 is 5.32 Å². The van der Waals surface area contributed by atoms with Crippen molar-refractivity contribution in [1.29, 1.82) is 0 Å². The maximum absolute atomic E-state index is 4.35. The molecule has 84 valence electrons. The van der Waals surface area contributed by atoms with Gasteiger partial charge in [0.05, 0.1) is 5.69 Å². The van der Waals surface area contributed by atoms with Crippen LogP contribution in [-0.4, -0.2) is 11.0 Å². The number of nitrogens with one attached hydrogen (secondary N) is 1. The van der Waals surface area contributed by atoms with Gasteiger partial charge in [0.1, 0.15) is 0 Å². The summed E-state index contributed by atoms with van der Waals surface area (Å²) in [6, 6.07) is 6.98. The molecule has 1 heterocycles. The first-order valence-corrected chi connectivity index (χ1v) is 5.91. The summed E-state index contributed by atoms with van der Waals surface area (Å²) in [5.74, 6) is 0. The molecule has 0 radical (unpaired) electrons. The molecule has 0 saturated heterocycles. The minimum Gasteiger partial charge on any atom is -0.306 e. The highest BCUT2D eigenvalue weighted by molar-refractivity contribution is 5.07. The monoisotopic (exact) mass is 206 g/mol. The van der Waals surface area contributed by atoms with Crippen LogP contribution in [-0.2, 0) is 0 Å². The molecule has 0 saturated carbocycles. The summed E-state index contributed by atoms with van der Waals surface area (Å²) < 4.78 is 0. The van der Waals surface area contributed by atoms with Gasteiger partial charge >= 0.3 is 0 Å². The number of hydrogen-bond acceptors (Lipinski definition) is 2. The highest BCUT2D eigenvalue weighted by atomic mass is 15.0. The summed E-state index contributed by atoms with van der Waals surface area (Å²) in [4.78, 5) is 4.35. The smallest absolute Gasteiger partial charge is 0.0570 e. The standard InChI is InChI=1S/C13H22N2/c1-4-5-8-11(2)15-12(3)13-9-6-7-10-14-13/h6-7,9-12,15H,4-5,8H2,1-3H3. The van der Waals surface area contributed by atoms with E-state index in [0.717, 1.165) is 5.69 Å². The van der Waals surface area contributed by atoms with E-state index in [-0.39, 0.29) is 0 Å². The Kier molecular flexibility index (Phi) is 5.33. The third-order valence-corrected chi connectivity index (χ3v) is 2.66. The van der Waals surface area contributed by atoms with E-state index in [2.05, 4.69) is 37.1 Å². The molecule has 15 heavy (non-hydrogen) atoms. The first kappa shape index (κ1) is 12.2. The van der Waals surface area contributed by atoms with Crippen molar-refractivity contribution in [1.82, 2.24) is 10.3 Å². The van der Waals surface area contributed by atoms with Crippen LogP contribution in [0.2, 0.25) is 0 Å². The van der Waals surface area contributed by atoms with E-state index in [1.165, 1.54) is 19.3 Å². The fourth-order valence-electron chi connectivity index (χ4n) is 1.74. The first-order valence-electron chi connectivity index (χ1n) is 5.91. The van der Waals surface area contributed by atoms with E-state index in [4.69, 9.17) is 0 Å². The highest BCUT2D eigenvalue weighted by Gasteiger charge is 2.09. The van der Waals surface area contributed by atoms with Gasteiger partial charge in [-0.25, -0.2) is 0 Å². The quantitative estimate of drug-likeness (QED) is 0.772. The van der Waals surface area contributed by atoms with Crippen LogP contribution in [0.15, 0.2) is 24.4 Å². The molecule has 0 fully saturated rings. The molecule has 1 aromatic rings. The molecule has 2 heteroatoms. The number of hydrogen-bond donors (Lipinski definition) is 1. The van der Waals surface area contributed by atoms with Crippen LogP contribution in [0, 0.1) is 0 Å². The zero-order chi connectivity index (χ0) is 11.1. The van der Waals surface area contributed by atoms with Crippen molar-refractivity contribution in [3.05, 3.63) is 30.1 Å². The Bertz CT molecular complexity index is 258. The fourth-order valence-corrected chi connectivity index (χ4v) is 1.74. The van der Waals surface area contributed by atoms with Crippen molar-refractivity contribution in [2.24, 2.45) is 0 Å². The molecule has 0 amide bonds. The van der Waals surface area contributed by atoms with E-state index in [9.17, 15) is 0 Å². The summed E-state index contributed by atoms with van der Waals surface area (Å²) in [7, 11) is 0. The predicted octanol–water partition coefficient (Wildman–Crippen LogP) is 3.31. The van der Waals surface area contributed by atoms with Gasteiger partial charge in [-0.05, 0) is 32.4 Å². The van der Waals surface area contributed by atoms with Crippen molar-refractivity contribution < 1.29 is 0 Å². The topological polar surface area (TPSA) is 24.9 Å². The van der Waals surface area contributed by atoms with Crippen LogP contribution in [0.3, 0.4) is 0 Å². The average Bonchev–Trinajstić information content (AvgIpc) is 2.27. The lowest BCUT2D eigenvalue weighted by Gasteiger charge is -2.19. The van der Waals surface area contributed by atoms with Crippen LogP contribution in [0.4, 0.5) is 0 Å². The van der Waals surface area contributed by atoms with E-state index in [1.807, 2.05) is 18.3 Å². The van der Waals surface area contributed by atoms with Crippen molar-refractivity contribution in [2.45, 2.75) is 52.1 Å². The van der Waals surface area contributed by atoms with Crippen LogP contribution in [0.1, 0.15) is 51.8 Å². The third kappa shape index (κ3) is 4.43. The zero-order valence-corrected chi connectivity index (χ0v) is 10.0. The zero-order valence-electron chi connectivity index (χ0n) is 10.0. The summed E-state index contributed by atoms with van der Waals surface area (Å²) in [5.41, 5.74) is 1.13. The summed E-state index contributed by atoms with van der Waals surface area (Å²) >= 11 is 0. The molecule has 1 rings (SSSR count). The first-order chi connectivity index (χ1) is 7.24. The largest absolute Gasteiger partial charge is 0.306 e. The van der Waals surface area contributed by atoms with E-state index in [1.54, 1.807) is 0 Å². The molecule has 2 unspecified atom stereocenters.